The maximum absolute atomic E-state index is 5.49. The number of hydrogen-bond donors (Lipinski definition) is 1. The van der Waals surface area contributed by atoms with Crippen LogP contribution in [0.5, 0.6) is 0 Å². The Morgan fingerprint density at radius 2 is 2.13 bits per heavy atom. The van der Waals surface area contributed by atoms with E-state index in [-0.39, 0.29) is 0 Å². The molecule has 0 saturated heterocycles. The summed E-state index contributed by atoms with van der Waals surface area (Å²) < 4.78 is 5.49. The Balaban J connectivity index is 2.04. The van der Waals surface area contributed by atoms with Gasteiger partial charge in [-0.05, 0) is 13.0 Å². The van der Waals surface area contributed by atoms with E-state index in [0.29, 0.717) is 0 Å². The Kier molecular flexibility index (Phi) is 6.09. The van der Waals surface area contributed by atoms with Crippen LogP contribution in [-0.2, 0) is 13.0 Å². The Morgan fingerprint density at radius 1 is 1.27 bits per heavy atom. The first kappa shape index (κ1) is 12.2. The van der Waals surface area contributed by atoms with Crippen molar-refractivity contribution in [1.29, 1.82) is 0 Å². The lowest BCUT2D eigenvalue weighted by Gasteiger charge is -2.01. The molecule has 0 unspecified atom stereocenters. The molecule has 0 saturated carbocycles. The van der Waals surface area contributed by atoms with Gasteiger partial charge in [0, 0.05) is 6.42 Å². The van der Waals surface area contributed by atoms with Crippen molar-refractivity contribution in [3.8, 4) is 0 Å². The van der Waals surface area contributed by atoms with Crippen molar-refractivity contribution in [1.82, 2.24) is 10.3 Å². The standard InChI is InChI=1S/C12H22N2O/c1-3-5-6-7-8-13-10-12-14-9-11(4-2)15-12/h9,13H,3-8,10H2,1-2H3. The third-order valence-corrected chi connectivity index (χ3v) is 2.43. The molecule has 0 fully saturated rings. The highest BCUT2D eigenvalue weighted by atomic mass is 16.4. The topological polar surface area (TPSA) is 38.1 Å². The highest BCUT2D eigenvalue weighted by Gasteiger charge is 2.00. The van der Waals surface area contributed by atoms with Crippen molar-refractivity contribution in [2.75, 3.05) is 6.54 Å². The summed E-state index contributed by atoms with van der Waals surface area (Å²) in [5.41, 5.74) is 0. The van der Waals surface area contributed by atoms with Crippen molar-refractivity contribution < 1.29 is 4.42 Å². The van der Waals surface area contributed by atoms with Crippen LogP contribution < -0.4 is 5.32 Å². The van der Waals surface area contributed by atoms with Crippen molar-refractivity contribution in [2.24, 2.45) is 0 Å². The summed E-state index contributed by atoms with van der Waals surface area (Å²) in [7, 11) is 0. The number of oxazole rings is 1. The van der Waals surface area contributed by atoms with E-state index in [1.165, 1.54) is 25.7 Å². The van der Waals surface area contributed by atoms with Crippen molar-refractivity contribution in [3.05, 3.63) is 17.8 Å². The van der Waals surface area contributed by atoms with Gasteiger partial charge in [-0.3, -0.25) is 0 Å². The predicted molar refractivity (Wildman–Crippen MR) is 61.7 cm³/mol. The first-order valence-electron chi connectivity index (χ1n) is 6.01. The molecule has 0 radical (unpaired) electrons. The fraction of sp³-hybridized carbons (Fsp3) is 0.750. The molecule has 0 amide bonds. The van der Waals surface area contributed by atoms with Crippen LogP contribution >= 0.6 is 0 Å². The van der Waals surface area contributed by atoms with Crippen molar-refractivity contribution >= 4 is 0 Å². The molecule has 0 aliphatic carbocycles. The van der Waals surface area contributed by atoms with Crippen LogP contribution in [0.1, 0.15) is 51.2 Å². The molecule has 1 rings (SSSR count). The third-order valence-electron chi connectivity index (χ3n) is 2.43. The minimum absolute atomic E-state index is 0.756. The maximum atomic E-state index is 5.49. The van der Waals surface area contributed by atoms with Crippen LogP contribution in [0.4, 0.5) is 0 Å². The molecule has 1 aromatic heterocycles. The fourth-order valence-electron chi connectivity index (χ4n) is 1.47. The quantitative estimate of drug-likeness (QED) is 0.670. The lowest BCUT2D eigenvalue weighted by atomic mass is 10.2. The number of nitrogens with one attached hydrogen (secondary N) is 1. The molecular weight excluding hydrogens is 188 g/mol. The number of aryl methyl sites for hydroxylation is 1. The van der Waals surface area contributed by atoms with Gasteiger partial charge in [-0.25, -0.2) is 4.98 Å². The second-order valence-electron chi connectivity index (χ2n) is 3.81. The number of unbranched alkanes of at least 4 members (excludes halogenated alkanes) is 3. The summed E-state index contributed by atoms with van der Waals surface area (Å²) in [5.74, 6) is 1.78. The lowest BCUT2D eigenvalue weighted by molar-refractivity contribution is 0.436. The zero-order valence-corrected chi connectivity index (χ0v) is 9.88. The predicted octanol–water partition coefficient (Wildman–Crippen LogP) is 2.91. The highest BCUT2D eigenvalue weighted by Crippen LogP contribution is 2.03. The van der Waals surface area contributed by atoms with E-state index in [1.54, 1.807) is 0 Å². The molecule has 0 aliphatic heterocycles. The summed E-state index contributed by atoms with van der Waals surface area (Å²) in [5, 5.41) is 3.34. The van der Waals surface area contributed by atoms with Gasteiger partial charge in [-0.2, -0.15) is 0 Å². The summed E-state index contributed by atoms with van der Waals surface area (Å²) in [6, 6.07) is 0. The molecular formula is C12H22N2O. The Labute approximate surface area is 92.3 Å². The monoisotopic (exact) mass is 210 g/mol. The molecule has 0 atom stereocenters. The average molecular weight is 210 g/mol. The van der Waals surface area contributed by atoms with Gasteiger partial charge in [0.05, 0.1) is 12.7 Å². The molecule has 15 heavy (non-hydrogen) atoms. The van der Waals surface area contributed by atoms with Crippen molar-refractivity contribution in [3.63, 3.8) is 0 Å². The van der Waals surface area contributed by atoms with Crippen LogP contribution in [0.2, 0.25) is 0 Å². The van der Waals surface area contributed by atoms with E-state index in [9.17, 15) is 0 Å². The van der Waals surface area contributed by atoms with Gasteiger partial charge in [0.1, 0.15) is 5.76 Å². The summed E-state index contributed by atoms with van der Waals surface area (Å²) in [6.07, 6.45) is 7.92. The second-order valence-corrected chi connectivity index (χ2v) is 3.81. The molecule has 1 N–H and O–H groups in total. The Hall–Kier alpha value is -0.830. The SMILES string of the molecule is CCCCCCNCc1ncc(CC)o1. The Morgan fingerprint density at radius 3 is 2.80 bits per heavy atom. The smallest absolute Gasteiger partial charge is 0.208 e. The van der Waals surface area contributed by atoms with Crippen LogP contribution in [0.3, 0.4) is 0 Å². The average Bonchev–Trinajstić information content (AvgIpc) is 2.71. The first-order chi connectivity index (χ1) is 7.36. The summed E-state index contributed by atoms with van der Waals surface area (Å²) >= 11 is 0. The van der Waals surface area contributed by atoms with Gasteiger partial charge in [0.15, 0.2) is 0 Å². The third kappa shape index (κ3) is 4.98. The van der Waals surface area contributed by atoms with Gasteiger partial charge in [0.2, 0.25) is 5.89 Å². The second kappa shape index (κ2) is 7.46. The molecule has 1 heterocycles. The first-order valence-corrected chi connectivity index (χ1v) is 6.01. The molecule has 0 aliphatic rings. The van der Waals surface area contributed by atoms with E-state index in [2.05, 4.69) is 24.1 Å². The van der Waals surface area contributed by atoms with E-state index in [4.69, 9.17) is 4.42 Å². The number of hydrogen-bond acceptors (Lipinski definition) is 3. The largest absolute Gasteiger partial charge is 0.444 e. The van der Waals surface area contributed by atoms with E-state index in [0.717, 1.165) is 31.2 Å². The van der Waals surface area contributed by atoms with Crippen LogP contribution in [0.15, 0.2) is 10.6 Å². The minimum atomic E-state index is 0.756. The van der Waals surface area contributed by atoms with Crippen LogP contribution in [-0.4, -0.2) is 11.5 Å². The minimum Gasteiger partial charge on any atom is -0.444 e. The Bertz CT molecular complexity index is 258. The highest BCUT2D eigenvalue weighted by molar-refractivity contribution is 4.93. The van der Waals surface area contributed by atoms with E-state index >= 15 is 0 Å². The maximum Gasteiger partial charge on any atom is 0.208 e. The summed E-state index contributed by atoms with van der Waals surface area (Å²) in [6.45, 7) is 6.12. The molecule has 3 heteroatoms. The molecule has 0 aromatic carbocycles. The normalized spacial score (nSPS) is 10.8. The summed E-state index contributed by atoms with van der Waals surface area (Å²) in [4.78, 5) is 4.19. The van der Waals surface area contributed by atoms with Gasteiger partial charge in [0.25, 0.3) is 0 Å². The number of rotatable bonds is 8. The molecule has 86 valence electrons. The number of aromatic nitrogens is 1. The van der Waals surface area contributed by atoms with E-state index in [1.807, 2.05) is 6.20 Å². The van der Waals surface area contributed by atoms with Crippen LogP contribution in [0.25, 0.3) is 0 Å². The fourth-order valence-corrected chi connectivity index (χ4v) is 1.47. The molecule has 0 spiro atoms. The zero-order valence-electron chi connectivity index (χ0n) is 9.88. The van der Waals surface area contributed by atoms with Gasteiger partial charge in [-0.15, -0.1) is 0 Å². The van der Waals surface area contributed by atoms with Crippen molar-refractivity contribution in [2.45, 2.75) is 52.5 Å². The van der Waals surface area contributed by atoms with Crippen LogP contribution in [0, 0.1) is 0 Å². The van der Waals surface area contributed by atoms with Gasteiger partial charge in [-0.1, -0.05) is 33.1 Å². The van der Waals surface area contributed by atoms with Gasteiger partial charge >= 0.3 is 0 Å². The lowest BCUT2D eigenvalue weighted by Crippen LogP contribution is -2.14. The van der Waals surface area contributed by atoms with Gasteiger partial charge < -0.3 is 9.73 Å². The van der Waals surface area contributed by atoms with E-state index < -0.39 is 0 Å². The zero-order chi connectivity index (χ0) is 10.9. The number of nitrogens with zero attached hydrogens (tertiary/aromatic N) is 1. The molecule has 1 aromatic rings. The molecule has 0 bridgehead atoms. The molecule has 3 nitrogen and oxygen atoms in total.